The van der Waals surface area contributed by atoms with Crippen LogP contribution >= 0.6 is 11.3 Å². The summed E-state index contributed by atoms with van der Waals surface area (Å²) in [5, 5.41) is 4.18. The fourth-order valence-electron chi connectivity index (χ4n) is 1.87. The Hall–Kier alpha value is -2.33. The third kappa shape index (κ3) is 2.81. The van der Waals surface area contributed by atoms with Crippen LogP contribution in [0.5, 0.6) is 5.75 Å². The molecule has 0 atom stereocenters. The van der Waals surface area contributed by atoms with Gasteiger partial charge in [-0.3, -0.25) is 0 Å². The summed E-state index contributed by atoms with van der Waals surface area (Å²) in [6.45, 7) is 0. The van der Waals surface area contributed by atoms with Crippen LogP contribution in [0.2, 0.25) is 0 Å². The Balaban J connectivity index is 1.77. The van der Waals surface area contributed by atoms with Gasteiger partial charge < -0.3 is 10.1 Å². The smallest absolute Gasteiger partial charge is 0.187 e. The maximum Gasteiger partial charge on any atom is 0.187 e. The van der Waals surface area contributed by atoms with E-state index in [9.17, 15) is 0 Å². The number of nitrogens with zero attached hydrogens (tertiary/aromatic N) is 1. The second-order valence-corrected chi connectivity index (χ2v) is 5.28. The van der Waals surface area contributed by atoms with E-state index >= 15 is 0 Å². The second-order valence-electron chi connectivity index (χ2n) is 4.25. The van der Waals surface area contributed by atoms with Crippen LogP contribution in [-0.2, 0) is 0 Å². The van der Waals surface area contributed by atoms with E-state index in [1.54, 1.807) is 18.4 Å². The quantitative estimate of drug-likeness (QED) is 0.761. The standard InChI is InChI=1S/C16H14N2OS/c1-19-14-9-7-13(8-10-14)18-16-17-11-15(20-16)12-5-3-2-4-6-12/h2-11H,1H3,(H,17,18). The van der Waals surface area contributed by atoms with Crippen molar-refractivity contribution in [2.24, 2.45) is 0 Å². The molecule has 3 nitrogen and oxygen atoms in total. The highest BCUT2D eigenvalue weighted by Crippen LogP contribution is 2.30. The summed E-state index contributed by atoms with van der Waals surface area (Å²) in [5.74, 6) is 0.847. The largest absolute Gasteiger partial charge is 0.497 e. The lowest BCUT2D eigenvalue weighted by atomic mass is 10.2. The number of methoxy groups -OCH3 is 1. The molecule has 3 rings (SSSR count). The van der Waals surface area contributed by atoms with Crippen molar-refractivity contribution in [1.82, 2.24) is 4.98 Å². The zero-order chi connectivity index (χ0) is 13.8. The van der Waals surface area contributed by atoms with E-state index in [1.807, 2.05) is 48.7 Å². The van der Waals surface area contributed by atoms with Crippen molar-refractivity contribution in [1.29, 1.82) is 0 Å². The molecule has 0 aliphatic heterocycles. The summed E-state index contributed by atoms with van der Waals surface area (Å²) in [7, 11) is 1.66. The maximum absolute atomic E-state index is 5.14. The Morgan fingerprint density at radius 3 is 2.45 bits per heavy atom. The molecule has 0 bridgehead atoms. The normalized spacial score (nSPS) is 10.2. The SMILES string of the molecule is COc1ccc(Nc2ncc(-c3ccccc3)s2)cc1. The Morgan fingerprint density at radius 2 is 1.75 bits per heavy atom. The van der Waals surface area contributed by atoms with Crippen molar-refractivity contribution in [2.45, 2.75) is 0 Å². The van der Waals surface area contributed by atoms with Crippen molar-refractivity contribution >= 4 is 22.2 Å². The third-order valence-electron chi connectivity index (χ3n) is 2.91. The Labute approximate surface area is 121 Å². The molecule has 0 aliphatic rings. The number of rotatable bonds is 4. The van der Waals surface area contributed by atoms with Gasteiger partial charge in [0.2, 0.25) is 0 Å². The first-order valence-corrected chi connectivity index (χ1v) is 7.09. The zero-order valence-electron chi connectivity index (χ0n) is 11.0. The van der Waals surface area contributed by atoms with Crippen LogP contribution in [0.4, 0.5) is 10.8 Å². The predicted molar refractivity (Wildman–Crippen MR) is 83.8 cm³/mol. The molecule has 100 valence electrons. The first kappa shape index (κ1) is 12.7. The molecule has 0 fully saturated rings. The monoisotopic (exact) mass is 282 g/mol. The van der Waals surface area contributed by atoms with Crippen LogP contribution in [0.1, 0.15) is 0 Å². The Kier molecular flexibility index (Phi) is 3.65. The average molecular weight is 282 g/mol. The van der Waals surface area contributed by atoms with Gasteiger partial charge in [0.1, 0.15) is 5.75 Å². The molecule has 0 radical (unpaired) electrons. The van der Waals surface area contributed by atoms with E-state index in [-0.39, 0.29) is 0 Å². The number of hydrogen-bond acceptors (Lipinski definition) is 4. The lowest BCUT2D eigenvalue weighted by Crippen LogP contribution is -1.89. The predicted octanol–water partition coefficient (Wildman–Crippen LogP) is 4.56. The first-order chi connectivity index (χ1) is 9.85. The van der Waals surface area contributed by atoms with E-state index in [1.165, 1.54) is 5.56 Å². The lowest BCUT2D eigenvalue weighted by molar-refractivity contribution is 0.415. The molecule has 1 heterocycles. The van der Waals surface area contributed by atoms with Crippen LogP contribution in [0, 0.1) is 0 Å². The first-order valence-electron chi connectivity index (χ1n) is 6.27. The summed E-state index contributed by atoms with van der Waals surface area (Å²) < 4.78 is 5.14. The minimum absolute atomic E-state index is 0.847. The van der Waals surface area contributed by atoms with E-state index < -0.39 is 0 Å². The van der Waals surface area contributed by atoms with Gasteiger partial charge in [0.25, 0.3) is 0 Å². The average Bonchev–Trinajstić information content (AvgIpc) is 2.97. The summed E-state index contributed by atoms with van der Waals surface area (Å²) in [5.41, 5.74) is 2.19. The molecule has 3 aromatic rings. The Morgan fingerprint density at radius 1 is 1.00 bits per heavy atom. The number of benzene rings is 2. The minimum atomic E-state index is 0.847. The number of nitrogens with one attached hydrogen (secondary N) is 1. The molecule has 2 aromatic carbocycles. The third-order valence-corrected chi connectivity index (χ3v) is 3.87. The van der Waals surface area contributed by atoms with Gasteiger partial charge in [-0.2, -0.15) is 0 Å². The van der Waals surface area contributed by atoms with E-state index in [0.717, 1.165) is 21.4 Å². The highest BCUT2D eigenvalue weighted by molar-refractivity contribution is 7.18. The van der Waals surface area contributed by atoms with Gasteiger partial charge >= 0.3 is 0 Å². The van der Waals surface area contributed by atoms with Crippen molar-refractivity contribution in [2.75, 3.05) is 12.4 Å². The van der Waals surface area contributed by atoms with Gasteiger partial charge in [-0.1, -0.05) is 41.7 Å². The van der Waals surface area contributed by atoms with Gasteiger partial charge in [0, 0.05) is 11.9 Å². The zero-order valence-corrected chi connectivity index (χ0v) is 11.9. The molecule has 1 aromatic heterocycles. The number of hydrogen-bond donors (Lipinski definition) is 1. The lowest BCUT2D eigenvalue weighted by Gasteiger charge is -2.03. The topological polar surface area (TPSA) is 34.1 Å². The maximum atomic E-state index is 5.14. The molecular weight excluding hydrogens is 268 g/mol. The van der Waals surface area contributed by atoms with Gasteiger partial charge in [-0.05, 0) is 29.8 Å². The highest BCUT2D eigenvalue weighted by atomic mass is 32.1. The fraction of sp³-hybridized carbons (Fsp3) is 0.0625. The number of thiazole rings is 1. The van der Waals surface area contributed by atoms with E-state index in [0.29, 0.717) is 0 Å². The van der Waals surface area contributed by atoms with Gasteiger partial charge in [-0.25, -0.2) is 4.98 Å². The summed E-state index contributed by atoms with van der Waals surface area (Å²) >= 11 is 1.64. The van der Waals surface area contributed by atoms with Gasteiger partial charge in [0.15, 0.2) is 5.13 Å². The van der Waals surface area contributed by atoms with Crippen molar-refractivity contribution in [3.05, 3.63) is 60.8 Å². The molecule has 0 saturated heterocycles. The van der Waals surface area contributed by atoms with Crippen molar-refractivity contribution < 1.29 is 4.74 Å². The molecule has 4 heteroatoms. The van der Waals surface area contributed by atoms with E-state index in [2.05, 4.69) is 22.4 Å². The number of anilines is 2. The molecule has 0 amide bonds. The fourth-order valence-corrected chi connectivity index (χ4v) is 2.71. The number of aromatic nitrogens is 1. The minimum Gasteiger partial charge on any atom is -0.497 e. The molecule has 0 saturated carbocycles. The molecule has 0 unspecified atom stereocenters. The van der Waals surface area contributed by atoms with Crippen LogP contribution in [0.15, 0.2) is 60.8 Å². The molecule has 20 heavy (non-hydrogen) atoms. The molecule has 0 spiro atoms. The summed E-state index contributed by atoms with van der Waals surface area (Å²) in [6.07, 6.45) is 1.89. The van der Waals surface area contributed by atoms with Crippen LogP contribution in [0.3, 0.4) is 0 Å². The van der Waals surface area contributed by atoms with Crippen LogP contribution < -0.4 is 10.1 Å². The van der Waals surface area contributed by atoms with Crippen molar-refractivity contribution in [3.63, 3.8) is 0 Å². The van der Waals surface area contributed by atoms with Gasteiger partial charge in [0.05, 0.1) is 12.0 Å². The Bertz CT molecular complexity index is 677. The molecule has 0 aliphatic carbocycles. The van der Waals surface area contributed by atoms with Crippen molar-refractivity contribution in [3.8, 4) is 16.2 Å². The molecule has 1 N–H and O–H groups in total. The second kappa shape index (κ2) is 5.75. The van der Waals surface area contributed by atoms with Crippen LogP contribution in [-0.4, -0.2) is 12.1 Å². The van der Waals surface area contributed by atoms with Crippen LogP contribution in [0.25, 0.3) is 10.4 Å². The van der Waals surface area contributed by atoms with E-state index in [4.69, 9.17) is 4.74 Å². The highest BCUT2D eigenvalue weighted by Gasteiger charge is 2.04. The van der Waals surface area contributed by atoms with Gasteiger partial charge in [-0.15, -0.1) is 0 Å². The number of ether oxygens (including phenoxy) is 1. The summed E-state index contributed by atoms with van der Waals surface area (Å²) in [6, 6.07) is 18.1. The molecular formula is C16H14N2OS. The summed E-state index contributed by atoms with van der Waals surface area (Å²) in [4.78, 5) is 5.56.